The average Bonchev–Trinajstić information content (AvgIpc) is 2.70. The molecule has 0 bridgehead atoms. The minimum atomic E-state index is -3.76. The minimum Gasteiger partial charge on any atom is -0.497 e. The molecule has 1 aliphatic heterocycles. The first kappa shape index (κ1) is 20.1. The van der Waals surface area contributed by atoms with E-state index < -0.39 is 21.5 Å². The molecule has 2 heterocycles. The quantitative estimate of drug-likeness (QED) is 0.748. The summed E-state index contributed by atoms with van der Waals surface area (Å²) >= 11 is 0. The molecule has 0 radical (unpaired) electrons. The fourth-order valence-electron chi connectivity index (χ4n) is 2.78. The maximum absolute atomic E-state index is 12.7. The number of nitrogens with one attached hydrogen (secondary N) is 1. The summed E-state index contributed by atoms with van der Waals surface area (Å²) in [5.41, 5.74) is 0.0382. The number of morpholine rings is 1. The molecule has 1 aromatic carbocycles. The van der Waals surface area contributed by atoms with Crippen LogP contribution < -0.4 is 15.6 Å². The first-order chi connectivity index (χ1) is 13.4. The van der Waals surface area contributed by atoms with E-state index in [9.17, 15) is 18.0 Å². The van der Waals surface area contributed by atoms with Crippen LogP contribution in [0.2, 0.25) is 0 Å². The molecule has 3 rings (SSSR count). The van der Waals surface area contributed by atoms with E-state index >= 15 is 0 Å². The lowest BCUT2D eigenvalue weighted by atomic mass is 10.3. The van der Waals surface area contributed by atoms with Crippen LogP contribution in [-0.2, 0) is 26.1 Å². The molecule has 1 aromatic heterocycles. The van der Waals surface area contributed by atoms with Crippen LogP contribution in [0.3, 0.4) is 0 Å². The van der Waals surface area contributed by atoms with Crippen LogP contribution in [-0.4, -0.2) is 56.6 Å². The highest BCUT2D eigenvalue weighted by atomic mass is 32.2. The van der Waals surface area contributed by atoms with Gasteiger partial charge in [0.15, 0.2) is 0 Å². The highest BCUT2D eigenvalue weighted by Gasteiger charge is 2.27. The van der Waals surface area contributed by atoms with Crippen LogP contribution in [0, 0.1) is 0 Å². The number of aromatic nitrogens is 1. The number of pyridine rings is 1. The summed E-state index contributed by atoms with van der Waals surface area (Å²) < 4.78 is 38.1. The highest BCUT2D eigenvalue weighted by molar-refractivity contribution is 7.89. The lowest BCUT2D eigenvalue weighted by Gasteiger charge is -2.26. The summed E-state index contributed by atoms with van der Waals surface area (Å²) in [6.07, 6.45) is 1.19. The van der Waals surface area contributed by atoms with Gasteiger partial charge in [-0.15, -0.1) is 0 Å². The summed E-state index contributed by atoms with van der Waals surface area (Å²) in [7, 11) is -2.24. The molecular formula is C18H21N3O6S. The number of nitrogens with zero attached hydrogens (tertiary/aromatic N) is 2. The summed E-state index contributed by atoms with van der Waals surface area (Å²) in [4.78, 5) is 24.4. The van der Waals surface area contributed by atoms with Gasteiger partial charge < -0.3 is 19.4 Å². The Bertz CT molecular complexity index is 1010. The van der Waals surface area contributed by atoms with Gasteiger partial charge in [-0.25, -0.2) is 8.42 Å². The molecule has 1 fully saturated rings. The summed E-state index contributed by atoms with van der Waals surface area (Å²) in [6, 6.07) is 9.18. The molecular weight excluding hydrogens is 386 g/mol. The van der Waals surface area contributed by atoms with Crippen molar-refractivity contribution in [3.63, 3.8) is 0 Å². The Labute approximate surface area is 162 Å². The number of sulfonamides is 1. The van der Waals surface area contributed by atoms with Gasteiger partial charge in [0, 0.05) is 37.1 Å². The molecule has 0 atom stereocenters. The number of rotatable bonds is 6. The first-order valence-corrected chi connectivity index (χ1v) is 10.1. The molecule has 1 saturated heterocycles. The molecule has 0 unspecified atom stereocenters. The Morgan fingerprint density at radius 3 is 2.68 bits per heavy atom. The van der Waals surface area contributed by atoms with Gasteiger partial charge in [0.1, 0.15) is 12.3 Å². The SMILES string of the molecule is COc1cccc(NC(=O)Cn2cc(S(=O)(=O)N3CCOCC3)ccc2=O)c1. The summed E-state index contributed by atoms with van der Waals surface area (Å²) in [5, 5.41) is 2.66. The molecule has 1 amide bonds. The standard InChI is InChI=1S/C18H21N3O6S/c1-26-15-4-2-3-14(11-15)19-17(22)13-20-12-16(5-6-18(20)23)28(24,25)21-7-9-27-10-8-21/h2-6,11-12H,7-10,13H2,1H3,(H,19,22). The third-order valence-electron chi connectivity index (χ3n) is 4.23. The van der Waals surface area contributed by atoms with Gasteiger partial charge in [0.05, 0.1) is 25.2 Å². The molecule has 2 aromatic rings. The van der Waals surface area contributed by atoms with Gasteiger partial charge in [-0.2, -0.15) is 4.31 Å². The number of hydrogen-bond donors (Lipinski definition) is 1. The monoisotopic (exact) mass is 407 g/mol. The van der Waals surface area contributed by atoms with Crippen LogP contribution in [0.4, 0.5) is 5.69 Å². The number of hydrogen-bond acceptors (Lipinski definition) is 6. The van der Waals surface area contributed by atoms with E-state index in [0.29, 0.717) is 24.7 Å². The van der Waals surface area contributed by atoms with Crippen LogP contribution in [0.25, 0.3) is 0 Å². The van der Waals surface area contributed by atoms with E-state index in [1.807, 2.05) is 0 Å². The normalized spacial score (nSPS) is 15.2. The fraction of sp³-hybridized carbons (Fsp3) is 0.333. The van der Waals surface area contributed by atoms with Gasteiger partial charge in [0.25, 0.3) is 5.56 Å². The first-order valence-electron chi connectivity index (χ1n) is 8.62. The van der Waals surface area contributed by atoms with Crippen LogP contribution >= 0.6 is 0 Å². The maximum Gasteiger partial charge on any atom is 0.251 e. The van der Waals surface area contributed by atoms with E-state index in [2.05, 4.69) is 5.32 Å². The topological polar surface area (TPSA) is 107 Å². The maximum atomic E-state index is 12.7. The predicted octanol–water partition coefficient (Wildman–Crippen LogP) is 0.516. The third-order valence-corrected chi connectivity index (χ3v) is 6.11. The van der Waals surface area contributed by atoms with Gasteiger partial charge in [-0.3, -0.25) is 9.59 Å². The Balaban J connectivity index is 1.77. The van der Waals surface area contributed by atoms with Gasteiger partial charge >= 0.3 is 0 Å². The van der Waals surface area contributed by atoms with Crippen molar-refractivity contribution < 1.29 is 22.7 Å². The second kappa shape index (κ2) is 8.55. The molecule has 150 valence electrons. The zero-order valence-corrected chi connectivity index (χ0v) is 16.1. The number of ether oxygens (including phenoxy) is 2. The van der Waals surface area contributed by atoms with Crippen molar-refractivity contribution in [3.8, 4) is 5.75 Å². The lowest BCUT2D eigenvalue weighted by molar-refractivity contribution is -0.116. The van der Waals surface area contributed by atoms with Crippen molar-refractivity contribution in [2.75, 3.05) is 38.7 Å². The second-order valence-corrected chi connectivity index (χ2v) is 8.07. The zero-order chi connectivity index (χ0) is 20.1. The lowest BCUT2D eigenvalue weighted by Crippen LogP contribution is -2.41. The van der Waals surface area contributed by atoms with Crippen molar-refractivity contribution >= 4 is 21.6 Å². The van der Waals surface area contributed by atoms with Gasteiger partial charge in [0.2, 0.25) is 15.9 Å². The third kappa shape index (κ3) is 4.58. The molecule has 0 saturated carbocycles. The second-order valence-electron chi connectivity index (χ2n) is 6.13. The Morgan fingerprint density at radius 2 is 1.96 bits per heavy atom. The van der Waals surface area contributed by atoms with Crippen LogP contribution in [0.5, 0.6) is 5.75 Å². The summed E-state index contributed by atoms with van der Waals surface area (Å²) in [5.74, 6) is 0.116. The molecule has 0 aliphatic carbocycles. The largest absolute Gasteiger partial charge is 0.497 e. The van der Waals surface area contributed by atoms with E-state index in [-0.39, 0.29) is 24.5 Å². The van der Waals surface area contributed by atoms with Crippen LogP contribution in [0.1, 0.15) is 0 Å². The number of methoxy groups -OCH3 is 1. The van der Waals surface area contributed by atoms with E-state index in [1.54, 1.807) is 24.3 Å². The van der Waals surface area contributed by atoms with E-state index in [0.717, 1.165) is 10.6 Å². The minimum absolute atomic E-state index is 0.0387. The number of carbonyl (C=O) groups is 1. The average molecular weight is 407 g/mol. The summed E-state index contributed by atoms with van der Waals surface area (Å²) in [6.45, 7) is 0.821. The van der Waals surface area contributed by atoms with Crippen molar-refractivity contribution in [2.24, 2.45) is 0 Å². The molecule has 9 nitrogen and oxygen atoms in total. The van der Waals surface area contributed by atoms with Crippen molar-refractivity contribution in [1.82, 2.24) is 8.87 Å². The van der Waals surface area contributed by atoms with E-state index in [4.69, 9.17) is 9.47 Å². The molecule has 10 heteroatoms. The van der Waals surface area contributed by atoms with E-state index in [1.165, 1.54) is 23.7 Å². The Hall–Kier alpha value is -2.69. The smallest absolute Gasteiger partial charge is 0.251 e. The van der Waals surface area contributed by atoms with Crippen molar-refractivity contribution in [2.45, 2.75) is 11.4 Å². The highest BCUT2D eigenvalue weighted by Crippen LogP contribution is 2.17. The Kier molecular flexibility index (Phi) is 6.12. The van der Waals surface area contributed by atoms with Crippen molar-refractivity contribution in [3.05, 3.63) is 52.9 Å². The van der Waals surface area contributed by atoms with Crippen LogP contribution in [0.15, 0.2) is 52.3 Å². The van der Waals surface area contributed by atoms with Gasteiger partial charge in [-0.1, -0.05) is 6.07 Å². The molecule has 1 aliphatic rings. The van der Waals surface area contributed by atoms with Crippen molar-refractivity contribution in [1.29, 1.82) is 0 Å². The Morgan fingerprint density at radius 1 is 1.21 bits per heavy atom. The number of carbonyl (C=O) groups excluding carboxylic acids is 1. The molecule has 0 spiro atoms. The number of benzene rings is 1. The molecule has 28 heavy (non-hydrogen) atoms. The number of anilines is 1. The fourth-order valence-corrected chi connectivity index (χ4v) is 4.21. The predicted molar refractivity (Wildman–Crippen MR) is 102 cm³/mol. The zero-order valence-electron chi connectivity index (χ0n) is 15.3. The van der Waals surface area contributed by atoms with Gasteiger partial charge in [-0.05, 0) is 18.2 Å². The molecule has 1 N–H and O–H groups in total. The number of amides is 1.